The lowest BCUT2D eigenvalue weighted by molar-refractivity contribution is -0.139. The normalized spacial score (nSPS) is 23.3. The van der Waals surface area contributed by atoms with Crippen LogP contribution in [0.2, 0.25) is 0 Å². The first-order valence-corrected chi connectivity index (χ1v) is 10.1. The highest BCUT2D eigenvalue weighted by molar-refractivity contribution is 5.87. The van der Waals surface area contributed by atoms with Crippen molar-refractivity contribution in [1.29, 1.82) is 0 Å². The van der Waals surface area contributed by atoms with Crippen LogP contribution in [0, 0.1) is 5.92 Å². The first-order valence-electron chi connectivity index (χ1n) is 10.1. The molecule has 1 aromatic carbocycles. The molecule has 8 nitrogen and oxygen atoms in total. The van der Waals surface area contributed by atoms with Gasteiger partial charge in [0, 0.05) is 20.1 Å². The van der Waals surface area contributed by atoms with Crippen molar-refractivity contribution in [2.45, 2.75) is 38.6 Å². The molecule has 0 radical (unpaired) electrons. The summed E-state index contributed by atoms with van der Waals surface area (Å²) in [4.78, 5) is 31.2. The van der Waals surface area contributed by atoms with Gasteiger partial charge in [0.2, 0.25) is 5.91 Å². The molecule has 1 aromatic rings. The van der Waals surface area contributed by atoms with E-state index in [-0.39, 0.29) is 24.6 Å². The predicted molar refractivity (Wildman–Crippen MR) is 107 cm³/mol. The van der Waals surface area contributed by atoms with Crippen LogP contribution in [0.3, 0.4) is 0 Å². The van der Waals surface area contributed by atoms with Crippen LogP contribution in [0.4, 0.5) is 4.79 Å². The van der Waals surface area contributed by atoms with Gasteiger partial charge >= 0.3 is 6.03 Å². The van der Waals surface area contributed by atoms with E-state index in [1.165, 1.54) is 4.90 Å². The number of urea groups is 1. The average Bonchev–Trinajstić information content (AvgIpc) is 3.09. The molecular formula is C21H31N3O5. The number of benzene rings is 1. The van der Waals surface area contributed by atoms with Crippen molar-refractivity contribution in [3.63, 3.8) is 0 Å². The lowest BCUT2D eigenvalue weighted by Crippen LogP contribution is -2.57. The summed E-state index contributed by atoms with van der Waals surface area (Å²) in [7, 11) is 1.67. The van der Waals surface area contributed by atoms with E-state index in [2.05, 4.69) is 0 Å². The molecule has 0 aromatic heterocycles. The van der Waals surface area contributed by atoms with E-state index in [0.29, 0.717) is 32.7 Å². The molecule has 0 aliphatic carbocycles. The Hall–Kier alpha value is -2.16. The van der Waals surface area contributed by atoms with Crippen LogP contribution in [-0.4, -0.2) is 90.2 Å². The van der Waals surface area contributed by atoms with Gasteiger partial charge < -0.3 is 29.3 Å². The fraction of sp³-hybridized carbons (Fsp3) is 0.619. The molecule has 0 spiro atoms. The second-order valence-electron chi connectivity index (χ2n) is 7.93. The highest BCUT2D eigenvalue weighted by atomic mass is 16.6. The number of carbonyl (C=O) groups excluding carboxylic acids is 2. The number of ether oxygens (including phenoxy) is 2. The summed E-state index contributed by atoms with van der Waals surface area (Å²) in [5.41, 5.74) is 1.01. The number of hydrogen-bond acceptors (Lipinski definition) is 5. The molecular weight excluding hydrogens is 374 g/mol. The maximum Gasteiger partial charge on any atom is 0.320 e. The van der Waals surface area contributed by atoms with Crippen molar-refractivity contribution in [3.8, 4) is 0 Å². The Labute approximate surface area is 172 Å². The summed E-state index contributed by atoms with van der Waals surface area (Å²) < 4.78 is 10.7. The Balaban J connectivity index is 1.75. The molecule has 3 rings (SSSR count). The summed E-state index contributed by atoms with van der Waals surface area (Å²) in [5.74, 6) is -0.297. The first kappa shape index (κ1) is 21.5. The largest absolute Gasteiger partial charge is 0.378 e. The van der Waals surface area contributed by atoms with Gasteiger partial charge in [-0.15, -0.1) is 0 Å². The molecule has 0 saturated carbocycles. The number of amides is 3. The van der Waals surface area contributed by atoms with Crippen LogP contribution in [-0.2, 0) is 20.7 Å². The molecule has 3 atom stereocenters. The summed E-state index contributed by atoms with van der Waals surface area (Å²) >= 11 is 0. The molecule has 2 fully saturated rings. The molecule has 0 bridgehead atoms. The van der Waals surface area contributed by atoms with Crippen LogP contribution < -0.4 is 0 Å². The van der Waals surface area contributed by atoms with Gasteiger partial charge in [-0.2, -0.15) is 0 Å². The Morgan fingerprint density at radius 3 is 2.48 bits per heavy atom. The summed E-state index contributed by atoms with van der Waals surface area (Å²) in [6.45, 7) is 5.90. The Morgan fingerprint density at radius 1 is 1.21 bits per heavy atom. The molecule has 2 heterocycles. The lowest BCUT2D eigenvalue weighted by atomic mass is 9.99. The van der Waals surface area contributed by atoms with Crippen LogP contribution >= 0.6 is 0 Å². The van der Waals surface area contributed by atoms with Crippen LogP contribution in [0.1, 0.15) is 19.4 Å². The third-order valence-corrected chi connectivity index (χ3v) is 5.57. The second-order valence-corrected chi connectivity index (χ2v) is 7.93. The van der Waals surface area contributed by atoms with E-state index in [9.17, 15) is 14.7 Å². The van der Waals surface area contributed by atoms with Crippen LogP contribution in [0.5, 0.6) is 0 Å². The maximum absolute atomic E-state index is 13.5. The molecule has 0 unspecified atom stereocenters. The van der Waals surface area contributed by atoms with Gasteiger partial charge in [0.05, 0.1) is 19.3 Å². The highest BCUT2D eigenvalue weighted by Crippen LogP contribution is 2.24. The van der Waals surface area contributed by atoms with Gasteiger partial charge in [0.15, 0.2) is 6.29 Å². The molecule has 2 aliphatic rings. The molecule has 2 aliphatic heterocycles. The summed E-state index contributed by atoms with van der Waals surface area (Å²) in [6.07, 6.45) is -0.563. The maximum atomic E-state index is 13.5. The van der Waals surface area contributed by atoms with Crippen molar-refractivity contribution in [1.82, 2.24) is 14.7 Å². The van der Waals surface area contributed by atoms with Crippen molar-refractivity contribution < 1.29 is 24.2 Å². The minimum atomic E-state index is -1.05. The van der Waals surface area contributed by atoms with Crippen LogP contribution in [0.25, 0.3) is 0 Å². The van der Waals surface area contributed by atoms with Gasteiger partial charge in [0.25, 0.3) is 0 Å². The standard InChI is InChI=1S/C21H31N3O5/c1-15(2)18(22(3)21(27)23-9-11-28-12-10-23)19(25)24-14-29-20(26)17(24)13-16-7-5-4-6-8-16/h4-8,15,17-18,20,26H,9-14H2,1-3H3/t17-,18-,20+/m0/s1. The fourth-order valence-corrected chi connectivity index (χ4v) is 3.98. The Morgan fingerprint density at radius 2 is 1.86 bits per heavy atom. The zero-order valence-corrected chi connectivity index (χ0v) is 17.4. The molecule has 2 saturated heterocycles. The van der Waals surface area contributed by atoms with Gasteiger partial charge in [-0.25, -0.2) is 4.79 Å². The van der Waals surface area contributed by atoms with Crippen molar-refractivity contribution in [3.05, 3.63) is 35.9 Å². The zero-order valence-electron chi connectivity index (χ0n) is 17.4. The number of morpholine rings is 1. The number of hydrogen-bond donors (Lipinski definition) is 1. The highest BCUT2D eigenvalue weighted by Gasteiger charge is 2.43. The Bertz CT molecular complexity index is 693. The van der Waals surface area contributed by atoms with Crippen molar-refractivity contribution >= 4 is 11.9 Å². The van der Waals surface area contributed by atoms with Gasteiger partial charge in [-0.1, -0.05) is 44.2 Å². The third-order valence-electron chi connectivity index (χ3n) is 5.57. The van der Waals surface area contributed by atoms with E-state index < -0.39 is 18.4 Å². The zero-order chi connectivity index (χ0) is 21.0. The number of aliphatic hydroxyl groups is 1. The lowest BCUT2D eigenvalue weighted by Gasteiger charge is -2.38. The van der Waals surface area contributed by atoms with E-state index in [1.807, 2.05) is 44.2 Å². The monoisotopic (exact) mass is 405 g/mol. The fourth-order valence-electron chi connectivity index (χ4n) is 3.98. The van der Waals surface area contributed by atoms with E-state index in [0.717, 1.165) is 5.56 Å². The van der Waals surface area contributed by atoms with Gasteiger partial charge in [-0.05, 0) is 17.9 Å². The molecule has 29 heavy (non-hydrogen) atoms. The topological polar surface area (TPSA) is 82.6 Å². The molecule has 1 N–H and O–H groups in total. The average molecular weight is 405 g/mol. The quantitative estimate of drug-likeness (QED) is 0.795. The van der Waals surface area contributed by atoms with Gasteiger partial charge in [-0.3, -0.25) is 4.79 Å². The second kappa shape index (κ2) is 9.56. The Kier molecular flexibility index (Phi) is 7.10. The molecule has 8 heteroatoms. The van der Waals surface area contributed by atoms with Crippen molar-refractivity contribution in [2.75, 3.05) is 40.1 Å². The van der Waals surface area contributed by atoms with Crippen molar-refractivity contribution in [2.24, 2.45) is 5.92 Å². The predicted octanol–water partition coefficient (Wildman–Crippen LogP) is 1.14. The third kappa shape index (κ3) is 4.88. The smallest absolute Gasteiger partial charge is 0.320 e. The molecule has 160 valence electrons. The number of carbonyl (C=O) groups is 2. The number of rotatable bonds is 5. The van der Waals surface area contributed by atoms with E-state index in [4.69, 9.17) is 9.47 Å². The van der Waals surface area contributed by atoms with E-state index >= 15 is 0 Å². The SMILES string of the molecule is CC(C)[C@@H](C(=O)N1CO[C@@H](O)[C@@H]1Cc1ccccc1)N(C)C(=O)N1CCOCC1. The van der Waals surface area contributed by atoms with Crippen LogP contribution in [0.15, 0.2) is 30.3 Å². The minimum absolute atomic E-state index is 0.0142. The van der Waals surface area contributed by atoms with Gasteiger partial charge in [0.1, 0.15) is 12.8 Å². The minimum Gasteiger partial charge on any atom is -0.378 e. The number of likely N-dealkylation sites (N-methyl/N-ethyl adjacent to an activating group) is 1. The first-order chi connectivity index (χ1) is 13.9. The summed E-state index contributed by atoms with van der Waals surface area (Å²) in [5, 5.41) is 10.3. The summed E-state index contributed by atoms with van der Waals surface area (Å²) in [6, 6.07) is 8.39. The van der Waals surface area contributed by atoms with E-state index in [1.54, 1.807) is 16.8 Å². The number of aliphatic hydroxyl groups excluding tert-OH is 1. The number of nitrogens with zero attached hydrogens (tertiary/aromatic N) is 3. The molecule has 3 amide bonds.